The second-order valence-corrected chi connectivity index (χ2v) is 5.92. The molecule has 0 aromatic heterocycles. The van der Waals surface area contributed by atoms with Gasteiger partial charge in [0.15, 0.2) is 6.10 Å². The molecule has 7 nitrogen and oxygen atoms in total. The molecule has 2 heterocycles. The van der Waals surface area contributed by atoms with Crippen LogP contribution in [0, 0.1) is 5.92 Å². The van der Waals surface area contributed by atoms with Crippen molar-refractivity contribution in [3.63, 3.8) is 0 Å². The molecule has 2 atom stereocenters. The van der Waals surface area contributed by atoms with Gasteiger partial charge in [-0.3, -0.25) is 9.59 Å². The van der Waals surface area contributed by atoms with Crippen molar-refractivity contribution in [1.29, 1.82) is 0 Å². The number of rotatable bonds is 5. The fraction of sp³-hybridized carbons (Fsp3) is 0.800. The van der Waals surface area contributed by atoms with Crippen molar-refractivity contribution in [2.75, 3.05) is 19.6 Å². The van der Waals surface area contributed by atoms with Gasteiger partial charge >= 0.3 is 5.97 Å². The predicted molar refractivity (Wildman–Crippen MR) is 78.1 cm³/mol. The van der Waals surface area contributed by atoms with Crippen LogP contribution >= 0.6 is 0 Å². The van der Waals surface area contributed by atoms with E-state index in [2.05, 4.69) is 5.32 Å². The maximum absolute atomic E-state index is 12.3. The van der Waals surface area contributed by atoms with E-state index in [1.54, 1.807) is 4.90 Å². The van der Waals surface area contributed by atoms with Gasteiger partial charge < -0.3 is 20.1 Å². The van der Waals surface area contributed by atoms with E-state index < -0.39 is 18.2 Å². The molecule has 0 saturated carbocycles. The minimum Gasteiger partial charge on any atom is -0.479 e. The summed E-state index contributed by atoms with van der Waals surface area (Å²) in [5, 5.41) is 11.8. The van der Waals surface area contributed by atoms with Crippen LogP contribution in [-0.4, -0.2) is 59.6 Å². The molecule has 2 aliphatic rings. The van der Waals surface area contributed by atoms with Gasteiger partial charge in [0.25, 0.3) is 5.91 Å². The van der Waals surface area contributed by atoms with Gasteiger partial charge in [-0.05, 0) is 32.1 Å². The standard InChI is InChI=1S/C15H24N2O5/c1-2-7-16-13(18)10-5-8-17(9-6-10)14(19)11-3-4-12(22-11)15(20)21/h10-12H,2-9H2,1H3,(H,16,18)(H,20,21)/t11-,12+/m0/s1. The molecule has 0 aromatic carbocycles. The molecule has 7 heteroatoms. The first-order chi connectivity index (χ1) is 10.5. The first kappa shape index (κ1) is 16.7. The Labute approximate surface area is 130 Å². The van der Waals surface area contributed by atoms with Crippen LogP contribution in [0.15, 0.2) is 0 Å². The molecule has 2 amide bonds. The van der Waals surface area contributed by atoms with Crippen LogP contribution in [0.5, 0.6) is 0 Å². The summed E-state index contributed by atoms with van der Waals surface area (Å²) < 4.78 is 5.30. The monoisotopic (exact) mass is 312 g/mol. The summed E-state index contributed by atoms with van der Waals surface area (Å²) in [6, 6.07) is 0. The number of piperidine rings is 1. The number of carbonyl (C=O) groups is 3. The van der Waals surface area contributed by atoms with Gasteiger partial charge in [0, 0.05) is 25.6 Å². The van der Waals surface area contributed by atoms with Crippen LogP contribution in [0.1, 0.15) is 39.0 Å². The van der Waals surface area contributed by atoms with Crippen molar-refractivity contribution >= 4 is 17.8 Å². The SMILES string of the molecule is CCCNC(=O)C1CCN(C(=O)[C@@H]2CC[C@H](C(=O)O)O2)CC1. The van der Waals surface area contributed by atoms with Crippen LogP contribution in [0.2, 0.25) is 0 Å². The molecular weight excluding hydrogens is 288 g/mol. The second-order valence-electron chi connectivity index (χ2n) is 5.92. The highest BCUT2D eigenvalue weighted by Crippen LogP contribution is 2.24. The molecule has 0 spiro atoms. The number of carbonyl (C=O) groups excluding carboxylic acids is 2. The van der Waals surface area contributed by atoms with Gasteiger partial charge in [-0.1, -0.05) is 6.92 Å². The van der Waals surface area contributed by atoms with Crippen molar-refractivity contribution in [2.45, 2.75) is 51.2 Å². The molecule has 124 valence electrons. The van der Waals surface area contributed by atoms with E-state index in [0.29, 0.717) is 45.3 Å². The summed E-state index contributed by atoms with van der Waals surface area (Å²) in [5.74, 6) is -1.12. The van der Waals surface area contributed by atoms with Gasteiger partial charge in [-0.2, -0.15) is 0 Å². The van der Waals surface area contributed by atoms with E-state index in [1.165, 1.54) is 0 Å². The summed E-state index contributed by atoms with van der Waals surface area (Å²) in [4.78, 5) is 36.8. The first-order valence-corrected chi connectivity index (χ1v) is 7.97. The molecule has 2 aliphatic heterocycles. The predicted octanol–water partition coefficient (Wildman–Crippen LogP) is 0.383. The Balaban J connectivity index is 1.78. The minimum absolute atomic E-state index is 0.0353. The number of hydrogen-bond donors (Lipinski definition) is 2. The average molecular weight is 312 g/mol. The van der Waals surface area contributed by atoms with Crippen LogP contribution in [0.25, 0.3) is 0 Å². The Kier molecular flexibility index (Phi) is 5.76. The smallest absolute Gasteiger partial charge is 0.332 e. The molecule has 0 bridgehead atoms. The van der Waals surface area contributed by atoms with Gasteiger partial charge in [0.2, 0.25) is 5.91 Å². The third kappa shape index (κ3) is 3.97. The van der Waals surface area contributed by atoms with E-state index >= 15 is 0 Å². The van der Waals surface area contributed by atoms with Crippen molar-refractivity contribution in [3.8, 4) is 0 Å². The number of hydrogen-bond acceptors (Lipinski definition) is 4. The second kappa shape index (κ2) is 7.58. The fourth-order valence-electron chi connectivity index (χ4n) is 2.96. The summed E-state index contributed by atoms with van der Waals surface area (Å²) in [5.41, 5.74) is 0. The van der Waals surface area contributed by atoms with E-state index in [4.69, 9.17) is 9.84 Å². The third-order valence-electron chi connectivity index (χ3n) is 4.30. The van der Waals surface area contributed by atoms with Gasteiger partial charge in [-0.15, -0.1) is 0 Å². The fourth-order valence-corrected chi connectivity index (χ4v) is 2.96. The molecule has 0 radical (unpaired) electrons. The number of nitrogens with one attached hydrogen (secondary N) is 1. The Bertz CT molecular complexity index is 432. The number of amides is 2. The number of ether oxygens (including phenoxy) is 1. The third-order valence-corrected chi connectivity index (χ3v) is 4.30. The summed E-state index contributed by atoms with van der Waals surface area (Å²) in [7, 11) is 0. The zero-order valence-corrected chi connectivity index (χ0v) is 12.9. The lowest BCUT2D eigenvalue weighted by molar-refractivity contribution is -0.155. The highest BCUT2D eigenvalue weighted by molar-refractivity contribution is 5.83. The van der Waals surface area contributed by atoms with Crippen molar-refractivity contribution in [1.82, 2.24) is 10.2 Å². The van der Waals surface area contributed by atoms with E-state index in [0.717, 1.165) is 6.42 Å². The molecule has 2 saturated heterocycles. The molecule has 0 aliphatic carbocycles. The highest BCUT2D eigenvalue weighted by Gasteiger charge is 2.38. The van der Waals surface area contributed by atoms with Gasteiger partial charge in [-0.25, -0.2) is 4.79 Å². The van der Waals surface area contributed by atoms with Crippen LogP contribution in [0.3, 0.4) is 0 Å². The Hall–Kier alpha value is -1.63. The number of nitrogens with zero attached hydrogens (tertiary/aromatic N) is 1. The lowest BCUT2D eigenvalue weighted by atomic mass is 9.95. The molecule has 2 N–H and O–H groups in total. The van der Waals surface area contributed by atoms with E-state index in [9.17, 15) is 14.4 Å². The van der Waals surface area contributed by atoms with E-state index in [-0.39, 0.29) is 17.7 Å². The lowest BCUT2D eigenvalue weighted by Gasteiger charge is -2.32. The normalized spacial score (nSPS) is 26.0. The van der Waals surface area contributed by atoms with E-state index in [1.807, 2.05) is 6.92 Å². The quantitative estimate of drug-likeness (QED) is 0.765. The largest absolute Gasteiger partial charge is 0.479 e. The zero-order valence-electron chi connectivity index (χ0n) is 12.9. The molecule has 22 heavy (non-hydrogen) atoms. The number of carboxylic acids is 1. The van der Waals surface area contributed by atoms with Crippen LogP contribution in [-0.2, 0) is 19.1 Å². The van der Waals surface area contributed by atoms with Crippen molar-refractivity contribution in [3.05, 3.63) is 0 Å². The summed E-state index contributed by atoms with van der Waals surface area (Å²) >= 11 is 0. The molecular formula is C15H24N2O5. The lowest BCUT2D eigenvalue weighted by Crippen LogP contribution is -2.46. The van der Waals surface area contributed by atoms with Gasteiger partial charge in [0.05, 0.1) is 0 Å². The van der Waals surface area contributed by atoms with Crippen molar-refractivity contribution < 1.29 is 24.2 Å². The Morgan fingerprint density at radius 1 is 1.14 bits per heavy atom. The Morgan fingerprint density at radius 3 is 2.32 bits per heavy atom. The van der Waals surface area contributed by atoms with Crippen LogP contribution < -0.4 is 5.32 Å². The molecule has 0 unspecified atom stereocenters. The molecule has 0 aromatic rings. The molecule has 2 fully saturated rings. The van der Waals surface area contributed by atoms with Crippen molar-refractivity contribution in [2.24, 2.45) is 5.92 Å². The summed E-state index contributed by atoms with van der Waals surface area (Å²) in [6.45, 7) is 3.75. The number of aliphatic carboxylic acids is 1. The zero-order chi connectivity index (χ0) is 16.1. The minimum atomic E-state index is -1.01. The highest BCUT2D eigenvalue weighted by atomic mass is 16.5. The maximum atomic E-state index is 12.3. The first-order valence-electron chi connectivity index (χ1n) is 7.97. The number of likely N-dealkylation sites (tertiary alicyclic amines) is 1. The number of carboxylic acid groups (broad SMARTS) is 1. The van der Waals surface area contributed by atoms with Gasteiger partial charge in [0.1, 0.15) is 6.10 Å². The maximum Gasteiger partial charge on any atom is 0.332 e. The average Bonchev–Trinajstić information content (AvgIpc) is 3.02. The topological polar surface area (TPSA) is 95.9 Å². The van der Waals surface area contributed by atoms with Crippen LogP contribution in [0.4, 0.5) is 0 Å². The Morgan fingerprint density at radius 2 is 1.77 bits per heavy atom. The molecule has 2 rings (SSSR count). The summed E-state index contributed by atoms with van der Waals surface area (Å²) in [6.07, 6.45) is 1.52.